The van der Waals surface area contributed by atoms with Crippen molar-refractivity contribution in [3.63, 3.8) is 0 Å². The lowest BCUT2D eigenvalue weighted by Gasteiger charge is -2.36. The number of ether oxygens (including phenoxy) is 2. The van der Waals surface area contributed by atoms with Crippen molar-refractivity contribution in [2.75, 3.05) is 26.7 Å². The van der Waals surface area contributed by atoms with Crippen LogP contribution in [0.3, 0.4) is 0 Å². The number of fused-ring (bicyclic) bond motifs is 2. The van der Waals surface area contributed by atoms with E-state index in [1.165, 1.54) is 4.90 Å². The zero-order valence-corrected chi connectivity index (χ0v) is 29.2. The second-order valence-electron chi connectivity index (χ2n) is 13.6. The van der Waals surface area contributed by atoms with Crippen molar-refractivity contribution < 1.29 is 33.8 Å². The highest BCUT2D eigenvalue weighted by Crippen LogP contribution is 2.59. The second-order valence-corrected chi connectivity index (χ2v) is 13.6. The predicted octanol–water partition coefficient (Wildman–Crippen LogP) is 3.26. The highest BCUT2D eigenvalue weighted by Gasteiger charge is 2.75. The van der Waals surface area contributed by atoms with Crippen LogP contribution >= 0.6 is 0 Å². The van der Waals surface area contributed by atoms with Gasteiger partial charge in [0.25, 0.3) is 0 Å². The van der Waals surface area contributed by atoms with E-state index in [2.05, 4.69) is 23.5 Å². The number of likely N-dealkylation sites (N-methyl/N-ethyl adjacent to an activating group) is 1. The van der Waals surface area contributed by atoms with Gasteiger partial charge < -0.3 is 29.3 Å². The van der Waals surface area contributed by atoms with E-state index in [0.29, 0.717) is 30.3 Å². The maximum absolute atomic E-state index is 14.7. The van der Waals surface area contributed by atoms with Crippen LogP contribution in [0.4, 0.5) is 0 Å². The zero-order chi connectivity index (χ0) is 36.3. The first-order valence-electron chi connectivity index (χ1n) is 17.6. The van der Waals surface area contributed by atoms with Gasteiger partial charge >= 0.3 is 5.97 Å². The third-order valence-electron chi connectivity index (χ3n) is 10.6. The van der Waals surface area contributed by atoms with Gasteiger partial charge in [0.05, 0.1) is 29.5 Å². The Morgan fingerprint density at radius 2 is 1.88 bits per heavy atom. The van der Waals surface area contributed by atoms with Crippen molar-refractivity contribution in [2.24, 2.45) is 11.8 Å². The molecule has 2 aromatic carbocycles. The van der Waals surface area contributed by atoms with E-state index in [4.69, 9.17) is 9.47 Å². The SMILES string of the molecule is C=CCCC(=O)N(C)[C@H](C)[C@H](OC(=O)[C@@H]1[C@@H]2CC[C@]3(O2)[C@H](C(=O)N(CC=C)Cn2nnc4ccccc42)N(CCCO)C(=O)[C@@H]13)c1ccccc1. The molecule has 1 N–H and O–H groups in total. The molecule has 3 fully saturated rings. The molecule has 51 heavy (non-hydrogen) atoms. The van der Waals surface area contributed by atoms with Gasteiger partial charge in [0.2, 0.25) is 17.7 Å². The normalized spacial score (nSPS) is 24.6. The summed E-state index contributed by atoms with van der Waals surface area (Å²) in [5.41, 5.74) is 0.854. The second kappa shape index (κ2) is 15.2. The van der Waals surface area contributed by atoms with E-state index >= 15 is 0 Å². The lowest BCUT2D eigenvalue weighted by molar-refractivity contribution is -0.164. The number of hydrogen-bond acceptors (Lipinski definition) is 9. The number of carbonyl (C=O) groups excluding carboxylic acids is 4. The van der Waals surface area contributed by atoms with Crippen LogP contribution in [-0.4, -0.2) is 109 Å². The number of carbonyl (C=O) groups is 4. The Morgan fingerprint density at radius 3 is 2.61 bits per heavy atom. The molecule has 0 aliphatic carbocycles. The summed E-state index contributed by atoms with van der Waals surface area (Å²) in [5, 5.41) is 18.3. The quantitative estimate of drug-likeness (QED) is 0.176. The maximum Gasteiger partial charge on any atom is 0.313 e. The van der Waals surface area contributed by atoms with Gasteiger partial charge in [-0.25, -0.2) is 4.68 Å². The Balaban J connectivity index is 1.30. The van der Waals surface area contributed by atoms with Crippen molar-refractivity contribution in [3.05, 3.63) is 85.5 Å². The molecular formula is C38H46N6O7. The first kappa shape index (κ1) is 35.9. The number of esters is 1. The van der Waals surface area contributed by atoms with Crippen LogP contribution < -0.4 is 0 Å². The number of amides is 3. The Bertz CT molecular complexity index is 1780. The Morgan fingerprint density at radius 1 is 1.14 bits per heavy atom. The van der Waals surface area contributed by atoms with Crippen LogP contribution in [0.2, 0.25) is 0 Å². The van der Waals surface area contributed by atoms with Gasteiger partial charge in [-0.2, -0.15) is 0 Å². The molecule has 13 nitrogen and oxygen atoms in total. The number of benzene rings is 2. The fraction of sp³-hybridized carbons (Fsp3) is 0.474. The molecule has 2 bridgehead atoms. The molecule has 0 unspecified atom stereocenters. The summed E-state index contributed by atoms with van der Waals surface area (Å²) in [4.78, 5) is 61.1. The first-order valence-corrected chi connectivity index (χ1v) is 17.6. The van der Waals surface area contributed by atoms with E-state index in [1.54, 1.807) is 33.7 Å². The number of allylic oxidation sites excluding steroid dienone is 1. The molecule has 4 heterocycles. The summed E-state index contributed by atoms with van der Waals surface area (Å²) in [6, 6.07) is 15.1. The molecule has 0 radical (unpaired) electrons. The molecule has 270 valence electrons. The van der Waals surface area contributed by atoms with Crippen molar-refractivity contribution in [3.8, 4) is 0 Å². The van der Waals surface area contributed by atoms with Crippen LogP contribution in [0.25, 0.3) is 11.0 Å². The first-order chi connectivity index (χ1) is 24.7. The van der Waals surface area contributed by atoms with Crippen LogP contribution in [0.15, 0.2) is 79.9 Å². The van der Waals surface area contributed by atoms with Crippen molar-refractivity contribution in [1.29, 1.82) is 0 Å². The number of aromatic nitrogens is 3. The summed E-state index contributed by atoms with van der Waals surface area (Å²) >= 11 is 0. The maximum atomic E-state index is 14.7. The van der Waals surface area contributed by atoms with Crippen molar-refractivity contribution in [2.45, 2.75) is 75.6 Å². The van der Waals surface area contributed by atoms with Gasteiger partial charge in [0.15, 0.2) is 0 Å². The topological polar surface area (TPSA) is 147 Å². The van der Waals surface area contributed by atoms with Gasteiger partial charge in [-0.05, 0) is 50.3 Å². The van der Waals surface area contributed by atoms with E-state index in [0.717, 1.165) is 5.52 Å². The molecule has 0 saturated carbocycles. The van der Waals surface area contributed by atoms with Gasteiger partial charge in [0.1, 0.15) is 29.9 Å². The molecule has 3 aromatic rings. The lowest BCUT2D eigenvalue weighted by atomic mass is 9.70. The standard InChI is InChI=1S/C38H46N6O7/c1-5-7-18-30(46)41(4)25(3)33(26-14-9-8-10-15-26)50-37(49)31-29-19-20-38(51-29)32(31)35(47)43(22-13-23-45)34(38)36(48)42(21-6-2)24-44-28-17-12-11-16-27(28)39-40-44/h5-6,8-12,14-17,25,29,31-34,45H,1-2,7,13,18-24H2,3-4H3/t25-,29+,31-,32-,33+,34+,38-/m1/s1. The van der Waals surface area contributed by atoms with Crippen molar-refractivity contribution in [1.82, 2.24) is 29.7 Å². The van der Waals surface area contributed by atoms with Crippen LogP contribution in [-0.2, 0) is 35.3 Å². The molecule has 7 atom stereocenters. The smallest absolute Gasteiger partial charge is 0.313 e. The number of hydrogen-bond donors (Lipinski definition) is 1. The summed E-state index contributed by atoms with van der Waals surface area (Å²) in [6.45, 7) is 9.53. The minimum absolute atomic E-state index is 0.0508. The molecular weight excluding hydrogens is 652 g/mol. The third kappa shape index (κ3) is 6.56. The van der Waals surface area contributed by atoms with Crippen LogP contribution in [0.5, 0.6) is 0 Å². The molecule has 3 aliphatic heterocycles. The average Bonchev–Trinajstić information content (AvgIpc) is 3.90. The molecule has 3 saturated heterocycles. The van der Waals surface area contributed by atoms with E-state index in [9.17, 15) is 24.3 Å². The number of aliphatic hydroxyl groups is 1. The van der Waals surface area contributed by atoms with E-state index in [1.807, 2.05) is 61.5 Å². The lowest BCUT2D eigenvalue weighted by Crippen LogP contribution is -2.56. The predicted molar refractivity (Wildman–Crippen MR) is 187 cm³/mol. The molecule has 3 amide bonds. The Labute approximate surface area is 297 Å². The van der Waals surface area contributed by atoms with E-state index < -0.39 is 47.7 Å². The Hall–Kier alpha value is -4.88. The Kier molecular flexibility index (Phi) is 10.7. The summed E-state index contributed by atoms with van der Waals surface area (Å²) in [5.74, 6) is -3.40. The summed E-state index contributed by atoms with van der Waals surface area (Å²) in [7, 11) is 1.68. The molecule has 1 aromatic heterocycles. The van der Waals surface area contributed by atoms with Gasteiger partial charge in [0, 0.05) is 33.2 Å². The molecule has 6 rings (SSSR count). The zero-order valence-electron chi connectivity index (χ0n) is 29.2. The van der Waals surface area contributed by atoms with Crippen LogP contribution in [0.1, 0.15) is 50.7 Å². The molecule has 1 spiro atoms. The average molecular weight is 699 g/mol. The largest absolute Gasteiger partial charge is 0.455 e. The number of likely N-dealkylation sites (tertiary alicyclic amines) is 1. The monoisotopic (exact) mass is 698 g/mol. The summed E-state index contributed by atoms with van der Waals surface area (Å²) in [6.07, 6.45) is 3.73. The van der Waals surface area contributed by atoms with Gasteiger partial charge in [-0.3, -0.25) is 19.2 Å². The number of aliphatic hydroxyl groups excluding tert-OH is 1. The molecule has 13 heteroatoms. The highest BCUT2D eigenvalue weighted by atomic mass is 16.6. The molecule has 3 aliphatic rings. The van der Waals surface area contributed by atoms with Gasteiger partial charge in [-0.1, -0.05) is 59.8 Å². The minimum Gasteiger partial charge on any atom is -0.455 e. The minimum atomic E-state index is -1.27. The van der Waals surface area contributed by atoms with Crippen LogP contribution in [0, 0.1) is 11.8 Å². The van der Waals surface area contributed by atoms with E-state index in [-0.39, 0.29) is 56.9 Å². The van der Waals surface area contributed by atoms with Gasteiger partial charge in [-0.15, -0.1) is 18.3 Å². The third-order valence-corrected chi connectivity index (χ3v) is 10.6. The number of para-hydroxylation sites is 1. The van der Waals surface area contributed by atoms with Crippen molar-refractivity contribution >= 4 is 34.7 Å². The fourth-order valence-electron chi connectivity index (χ4n) is 8.04. The number of nitrogens with zero attached hydrogens (tertiary/aromatic N) is 6. The highest BCUT2D eigenvalue weighted by molar-refractivity contribution is 5.98. The fourth-order valence-corrected chi connectivity index (χ4v) is 8.04. The number of rotatable bonds is 16. The summed E-state index contributed by atoms with van der Waals surface area (Å²) < 4.78 is 14.6.